The molecule has 34 heavy (non-hydrogen) atoms. The number of carboxylic acid groups (broad SMARTS) is 1. The van der Waals surface area contributed by atoms with Crippen LogP contribution in [-0.2, 0) is 9.59 Å². The van der Waals surface area contributed by atoms with Crippen LogP contribution in [0, 0.1) is 5.41 Å². The lowest BCUT2D eigenvalue weighted by Gasteiger charge is -2.43. The standard InChI is InChI=1S/C26H26ClNO6/c1-26(2)12-19-24(20(29)13-26)16(14-6-8-21(33-3)22(10-14)34-4)11-23(30)28(19)18-9-15(25(31)32)5-7-17(18)27/h5-10,16H,11-13H2,1-4H3,(H,31,32). The number of benzene rings is 2. The first kappa shape index (κ1) is 23.8. The molecule has 1 N–H and O–H groups in total. The number of methoxy groups -OCH3 is 2. The van der Waals surface area contributed by atoms with Gasteiger partial charge in [-0.15, -0.1) is 0 Å². The predicted octanol–water partition coefficient (Wildman–Crippen LogP) is 5.22. The lowest BCUT2D eigenvalue weighted by atomic mass is 9.69. The van der Waals surface area contributed by atoms with Crippen molar-refractivity contribution in [2.24, 2.45) is 5.41 Å². The van der Waals surface area contributed by atoms with Gasteiger partial charge in [0.05, 0.1) is 30.5 Å². The first-order chi connectivity index (χ1) is 16.1. The second-order valence-electron chi connectivity index (χ2n) is 9.37. The van der Waals surface area contributed by atoms with E-state index in [2.05, 4.69) is 0 Å². The maximum atomic E-state index is 13.6. The molecule has 0 radical (unpaired) electrons. The zero-order valence-electron chi connectivity index (χ0n) is 19.5. The van der Waals surface area contributed by atoms with Crippen LogP contribution in [0.4, 0.5) is 5.69 Å². The van der Waals surface area contributed by atoms with Crippen LogP contribution in [0.3, 0.4) is 0 Å². The van der Waals surface area contributed by atoms with Crippen molar-refractivity contribution < 1.29 is 29.0 Å². The van der Waals surface area contributed by atoms with Crippen LogP contribution in [0.5, 0.6) is 11.5 Å². The zero-order valence-corrected chi connectivity index (χ0v) is 20.2. The fourth-order valence-corrected chi connectivity index (χ4v) is 5.07. The van der Waals surface area contributed by atoms with Crippen molar-refractivity contribution in [1.29, 1.82) is 0 Å². The number of hydrogen-bond acceptors (Lipinski definition) is 5. The monoisotopic (exact) mass is 483 g/mol. The van der Waals surface area contributed by atoms with Crippen LogP contribution in [0.15, 0.2) is 47.7 Å². The first-order valence-electron chi connectivity index (χ1n) is 10.9. The molecule has 1 aliphatic carbocycles. The third-order valence-electron chi connectivity index (χ3n) is 6.39. The summed E-state index contributed by atoms with van der Waals surface area (Å²) in [6, 6.07) is 9.63. The molecule has 2 aromatic rings. The predicted molar refractivity (Wildman–Crippen MR) is 128 cm³/mol. The summed E-state index contributed by atoms with van der Waals surface area (Å²) < 4.78 is 10.8. The van der Waals surface area contributed by atoms with Gasteiger partial charge in [0.2, 0.25) is 5.91 Å². The maximum Gasteiger partial charge on any atom is 0.335 e. The van der Waals surface area contributed by atoms with E-state index in [1.807, 2.05) is 19.9 Å². The van der Waals surface area contributed by atoms with Gasteiger partial charge in [0.25, 0.3) is 0 Å². The molecule has 0 spiro atoms. The minimum Gasteiger partial charge on any atom is -0.493 e. The molecule has 1 unspecified atom stereocenters. The van der Waals surface area contributed by atoms with E-state index in [0.29, 0.717) is 35.6 Å². The molecule has 1 heterocycles. The number of halogens is 1. The SMILES string of the molecule is COc1ccc(C2CC(=O)N(c3cc(C(=O)O)ccc3Cl)C3=C2C(=O)CC(C)(C)C3)cc1OC. The Labute approximate surface area is 202 Å². The molecule has 0 aromatic heterocycles. The number of Topliss-reactive ketones (excluding diaryl/α,β-unsaturated/α-hetero) is 1. The highest BCUT2D eigenvalue weighted by atomic mass is 35.5. The van der Waals surface area contributed by atoms with Gasteiger partial charge < -0.3 is 14.6 Å². The van der Waals surface area contributed by atoms with Gasteiger partial charge in [-0.3, -0.25) is 14.5 Å². The summed E-state index contributed by atoms with van der Waals surface area (Å²) in [6.45, 7) is 3.96. The number of rotatable bonds is 5. The van der Waals surface area contributed by atoms with E-state index in [4.69, 9.17) is 21.1 Å². The van der Waals surface area contributed by atoms with Gasteiger partial charge in [0.1, 0.15) is 0 Å². The van der Waals surface area contributed by atoms with Gasteiger partial charge in [0.15, 0.2) is 17.3 Å². The van der Waals surface area contributed by atoms with E-state index < -0.39 is 11.9 Å². The second kappa shape index (κ2) is 8.80. The molecular formula is C26H26ClNO6. The van der Waals surface area contributed by atoms with Crippen LogP contribution in [-0.4, -0.2) is 37.0 Å². The third-order valence-corrected chi connectivity index (χ3v) is 6.71. The third kappa shape index (κ3) is 4.16. The maximum absolute atomic E-state index is 13.6. The number of ketones is 1. The average Bonchev–Trinajstić information content (AvgIpc) is 2.77. The number of amides is 1. The van der Waals surface area contributed by atoms with Crippen LogP contribution in [0.2, 0.25) is 5.02 Å². The normalized spacial score (nSPS) is 19.7. The largest absolute Gasteiger partial charge is 0.493 e. The Hall–Kier alpha value is -3.32. The molecule has 0 bridgehead atoms. The van der Waals surface area contributed by atoms with E-state index in [1.165, 1.54) is 30.2 Å². The van der Waals surface area contributed by atoms with Crippen molar-refractivity contribution in [2.75, 3.05) is 19.1 Å². The van der Waals surface area contributed by atoms with E-state index in [0.717, 1.165) is 5.56 Å². The molecule has 2 aromatic carbocycles. The van der Waals surface area contributed by atoms with Crippen molar-refractivity contribution in [3.8, 4) is 11.5 Å². The van der Waals surface area contributed by atoms with Gasteiger partial charge in [0, 0.05) is 30.0 Å². The Balaban J connectivity index is 1.92. The number of nitrogens with zero attached hydrogens (tertiary/aromatic N) is 1. The summed E-state index contributed by atoms with van der Waals surface area (Å²) in [5.41, 5.74) is 1.82. The van der Waals surface area contributed by atoms with Gasteiger partial charge in [-0.25, -0.2) is 4.79 Å². The number of aromatic carboxylic acids is 1. The molecule has 1 amide bonds. The molecule has 0 fully saturated rings. The summed E-state index contributed by atoms with van der Waals surface area (Å²) in [7, 11) is 3.08. The Morgan fingerprint density at radius 2 is 1.76 bits per heavy atom. The summed E-state index contributed by atoms with van der Waals surface area (Å²) in [5.74, 6) is -0.804. The zero-order chi connectivity index (χ0) is 24.8. The molecule has 7 nitrogen and oxygen atoms in total. The highest BCUT2D eigenvalue weighted by Crippen LogP contribution is 2.49. The van der Waals surface area contributed by atoms with Crippen LogP contribution >= 0.6 is 11.6 Å². The summed E-state index contributed by atoms with van der Waals surface area (Å²) in [6.07, 6.45) is 0.853. The Kier molecular flexibility index (Phi) is 6.16. The van der Waals surface area contributed by atoms with Gasteiger partial charge in [-0.05, 0) is 47.7 Å². The number of ether oxygens (including phenoxy) is 2. The highest BCUT2D eigenvalue weighted by Gasteiger charge is 2.45. The van der Waals surface area contributed by atoms with Crippen LogP contribution in [0.1, 0.15) is 54.9 Å². The topological polar surface area (TPSA) is 93.1 Å². The number of allylic oxidation sites excluding steroid dienone is 2. The molecule has 0 saturated heterocycles. The number of carboxylic acids is 1. The molecule has 1 atom stereocenters. The van der Waals surface area contributed by atoms with Crippen LogP contribution in [0.25, 0.3) is 0 Å². The van der Waals surface area contributed by atoms with Crippen molar-refractivity contribution in [1.82, 2.24) is 0 Å². The number of carbonyl (C=O) groups is 3. The average molecular weight is 484 g/mol. The summed E-state index contributed by atoms with van der Waals surface area (Å²) >= 11 is 6.44. The fourth-order valence-electron chi connectivity index (χ4n) is 4.87. The van der Waals surface area contributed by atoms with Gasteiger partial charge >= 0.3 is 5.97 Å². The molecule has 8 heteroatoms. The molecule has 178 valence electrons. The summed E-state index contributed by atoms with van der Waals surface area (Å²) in [4.78, 5) is 40.1. The fraction of sp³-hybridized carbons (Fsp3) is 0.346. The molecule has 0 saturated carbocycles. The highest BCUT2D eigenvalue weighted by molar-refractivity contribution is 6.34. The second-order valence-corrected chi connectivity index (χ2v) is 9.78. The van der Waals surface area contributed by atoms with E-state index in [1.54, 1.807) is 19.2 Å². The van der Waals surface area contributed by atoms with Gasteiger partial charge in [-0.2, -0.15) is 0 Å². The van der Waals surface area contributed by atoms with Gasteiger partial charge in [-0.1, -0.05) is 31.5 Å². The lowest BCUT2D eigenvalue weighted by molar-refractivity contribution is -0.121. The molecular weight excluding hydrogens is 458 g/mol. The Bertz CT molecular complexity index is 1230. The van der Waals surface area contributed by atoms with Crippen molar-refractivity contribution >= 4 is 34.9 Å². The quantitative estimate of drug-likeness (QED) is 0.626. The van der Waals surface area contributed by atoms with Crippen molar-refractivity contribution in [3.05, 3.63) is 63.8 Å². The van der Waals surface area contributed by atoms with Crippen molar-refractivity contribution in [2.45, 2.75) is 39.0 Å². The lowest BCUT2D eigenvalue weighted by Crippen LogP contribution is -2.44. The minimum absolute atomic E-state index is 0.0118. The Morgan fingerprint density at radius 3 is 2.41 bits per heavy atom. The Morgan fingerprint density at radius 1 is 1.06 bits per heavy atom. The van der Waals surface area contributed by atoms with Crippen molar-refractivity contribution in [3.63, 3.8) is 0 Å². The minimum atomic E-state index is -1.13. The van der Waals surface area contributed by atoms with E-state index in [-0.39, 0.29) is 39.8 Å². The molecule has 1 aliphatic heterocycles. The number of hydrogen-bond donors (Lipinski definition) is 1. The van der Waals surface area contributed by atoms with E-state index in [9.17, 15) is 19.5 Å². The summed E-state index contributed by atoms with van der Waals surface area (Å²) in [5, 5.41) is 9.71. The first-order valence-corrected chi connectivity index (χ1v) is 11.3. The molecule has 4 rings (SSSR count). The number of carbonyl (C=O) groups excluding carboxylic acids is 2. The van der Waals surface area contributed by atoms with E-state index >= 15 is 0 Å². The van der Waals surface area contributed by atoms with Crippen LogP contribution < -0.4 is 14.4 Å². The smallest absolute Gasteiger partial charge is 0.335 e. The number of anilines is 1. The molecule has 2 aliphatic rings.